The van der Waals surface area contributed by atoms with E-state index < -0.39 is 0 Å². The van der Waals surface area contributed by atoms with Crippen molar-refractivity contribution in [3.8, 4) is 11.4 Å². The minimum absolute atomic E-state index is 0.0301. The van der Waals surface area contributed by atoms with Crippen LogP contribution in [0.3, 0.4) is 0 Å². The second-order valence-corrected chi connectivity index (χ2v) is 5.80. The summed E-state index contributed by atoms with van der Waals surface area (Å²) >= 11 is 5.90. The van der Waals surface area contributed by atoms with Gasteiger partial charge in [0.1, 0.15) is 11.4 Å². The first-order chi connectivity index (χ1) is 11.7. The van der Waals surface area contributed by atoms with Gasteiger partial charge in [-0.05, 0) is 36.4 Å². The van der Waals surface area contributed by atoms with Crippen LogP contribution in [0.15, 0.2) is 54.7 Å². The highest BCUT2D eigenvalue weighted by Gasteiger charge is 2.26. The molecule has 1 aliphatic heterocycles. The predicted octanol–water partition coefficient (Wildman–Crippen LogP) is 2.85. The normalized spacial score (nSPS) is 13.5. The van der Waals surface area contributed by atoms with Crippen LogP contribution in [0.1, 0.15) is 5.69 Å². The van der Waals surface area contributed by atoms with E-state index in [1.165, 1.54) is 0 Å². The van der Waals surface area contributed by atoms with E-state index in [4.69, 9.17) is 16.3 Å². The van der Waals surface area contributed by atoms with Crippen molar-refractivity contribution >= 4 is 23.2 Å². The first kappa shape index (κ1) is 14.7. The number of hydrogen-bond acceptors (Lipinski definition) is 4. The summed E-state index contributed by atoms with van der Waals surface area (Å²) in [6, 6.07) is 14.8. The summed E-state index contributed by atoms with van der Waals surface area (Å²) < 4.78 is 7.10. The zero-order valence-electron chi connectivity index (χ0n) is 12.6. The van der Waals surface area contributed by atoms with Crippen molar-refractivity contribution in [3.05, 3.63) is 65.4 Å². The van der Waals surface area contributed by atoms with Crippen molar-refractivity contribution < 1.29 is 9.53 Å². The van der Waals surface area contributed by atoms with E-state index in [-0.39, 0.29) is 12.5 Å². The van der Waals surface area contributed by atoms with E-state index in [2.05, 4.69) is 10.3 Å². The zero-order valence-corrected chi connectivity index (χ0v) is 13.3. The fourth-order valence-corrected chi connectivity index (χ4v) is 2.71. The number of amides is 1. The van der Waals surface area contributed by atoms with E-state index in [0.29, 0.717) is 23.0 Å². The Hall–Kier alpha value is -2.86. The predicted molar refractivity (Wildman–Crippen MR) is 89.5 cm³/mol. The second kappa shape index (κ2) is 5.98. The summed E-state index contributed by atoms with van der Waals surface area (Å²) in [6.07, 6.45) is 1.80. The lowest BCUT2D eigenvalue weighted by molar-refractivity contribution is -0.121. The van der Waals surface area contributed by atoms with Crippen LogP contribution in [0.25, 0.3) is 5.69 Å². The Morgan fingerprint density at radius 3 is 2.75 bits per heavy atom. The number of anilines is 1. The largest absolute Gasteiger partial charge is 0.482 e. The number of ether oxygens (including phenoxy) is 1. The van der Waals surface area contributed by atoms with Gasteiger partial charge in [-0.2, -0.15) is 0 Å². The minimum Gasteiger partial charge on any atom is -0.482 e. The highest BCUT2D eigenvalue weighted by Crippen LogP contribution is 2.32. The molecule has 0 atom stereocenters. The van der Waals surface area contributed by atoms with E-state index >= 15 is 0 Å². The lowest BCUT2D eigenvalue weighted by Crippen LogP contribution is -2.38. The lowest BCUT2D eigenvalue weighted by atomic mass is 10.2. The number of halogens is 1. The molecule has 0 radical (unpaired) electrons. The molecule has 1 amide bonds. The van der Waals surface area contributed by atoms with Crippen molar-refractivity contribution in [2.45, 2.75) is 6.54 Å². The molecule has 24 heavy (non-hydrogen) atoms. The Balaban J connectivity index is 1.60. The summed E-state index contributed by atoms with van der Waals surface area (Å²) in [4.78, 5) is 13.9. The van der Waals surface area contributed by atoms with Gasteiger partial charge in [-0.15, -0.1) is 5.10 Å². The molecule has 6 nitrogen and oxygen atoms in total. The molecule has 0 saturated carbocycles. The molecule has 0 aliphatic carbocycles. The summed E-state index contributed by atoms with van der Waals surface area (Å²) in [5.41, 5.74) is 2.29. The van der Waals surface area contributed by atoms with E-state index in [1.54, 1.807) is 27.9 Å². The molecule has 2 heterocycles. The van der Waals surface area contributed by atoms with Gasteiger partial charge >= 0.3 is 0 Å². The van der Waals surface area contributed by atoms with Crippen LogP contribution >= 0.6 is 11.6 Å². The topological polar surface area (TPSA) is 60.2 Å². The number of para-hydroxylation sites is 2. The molecule has 120 valence electrons. The van der Waals surface area contributed by atoms with E-state index in [0.717, 1.165) is 11.4 Å². The van der Waals surface area contributed by atoms with Crippen LogP contribution in [0, 0.1) is 0 Å². The molecule has 2 aromatic carbocycles. The Kier molecular flexibility index (Phi) is 3.66. The van der Waals surface area contributed by atoms with Crippen molar-refractivity contribution in [3.63, 3.8) is 0 Å². The van der Waals surface area contributed by atoms with Gasteiger partial charge < -0.3 is 4.74 Å². The molecule has 3 aromatic rings. The zero-order chi connectivity index (χ0) is 16.5. The maximum absolute atomic E-state index is 12.2. The van der Waals surface area contributed by atoms with Gasteiger partial charge in [0.15, 0.2) is 6.61 Å². The first-order valence-corrected chi connectivity index (χ1v) is 7.78. The van der Waals surface area contributed by atoms with Crippen LogP contribution in [0.4, 0.5) is 5.69 Å². The van der Waals surface area contributed by atoms with Crippen molar-refractivity contribution in [2.75, 3.05) is 11.5 Å². The number of nitrogens with zero attached hydrogens (tertiary/aromatic N) is 4. The van der Waals surface area contributed by atoms with E-state index in [9.17, 15) is 4.79 Å². The molecule has 0 saturated heterocycles. The van der Waals surface area contributed by atoms with Gasteiger partial charge in [0.2, 0.25) is 0 Å². The van der Waals surface area contributed by atoms with Gasteiger partial charge in [0.05, 0.1) is 24.1 Å². The van der Waals surface area contributed by atoms with Crippen LogP contribution < -0.4 is 9.64 Å². The number of aromatic nitrogens is 3. The standard InChI is InChI=1S/C17H13ClN4O2/c18-12-5-7-14(8-6-12)22-10-13(19-20-22)9-21-15-3-1-2-4-16(15)24-11-17(21)23/h1-8,10H,9,11H2. The van der Waals surface area contributed by atoms with Gasteiger partial charge in [-0.25, -0.2) is 4.68 Å². The van der Waals surface area contributed by atoms with Crippen LogP contribution in [-0.2, 0) is 11.3 Å². The number of benzene rings is 2. The molecule has 0 unspecified atom stereocenters. The van der Waals surface area contributed by atoms with E-state index in [1.807, 2.05) is 36.4 Å². The van der Waals surface area contributed by atoms with Gasteiger partial charge in [-0.3, -0.25) is 9.69 Å². The van der Waals surface area contributed by atoms with Gasteiger partial charge in [0, 0.05) is 5.02 Å². The molecule has 0 spiro atoms. The average molecular weight is 341 g/mol. The fraction of sp³-hybridized carbons (Fsp3) is 0.118. The highest BCUT2D eigenvalue weighted by molar-refractivity contribution is 6.30. The lowest BCUT2D eigenvalue weighted by Gasteiger charge is -2.28. The quantitative estimate of drug-likeness (QED) is 0.735. The second-order valence-electron chi connectivity index (χ2n) is 5.37. The molecular formula is C17H13ClN4O2. The number of fused-ring (bicyclic) bond motifs is 1. The molecule has 1 aliphatic rings. The van der Waals surface area contributed by atoms with Crippen LogP contribution in [0.5, 0.6) is 5.75 Å². The Morgan fingerprint density at radius 2 is 1.92 bits per heavy atom. The number of carbonyl (C=O) groups excluding carboxylic acids is 1. The van der Waals surface area contributed by atoms with Crippen molar-refractivity contribution in [1.82, 2.24) is 15.0 Å². The third-order valence-corrected chi connectivity index (χ3v) is 4.01. The molecule has 7 heteroatoms. The maximum Gasteiger partial charge on any atom is 0.265 e. The summed E-state index contributed by atoms with van der Waals surface area (Å²) in [6.45, 7) is 0.370. The van der Waals surface area contributed by atoms with Crippen LogP contribution in [-0.4, -0.2) is 27.5 Å². The maximum atomic E-state index is 12.2. The molecule has 0 N–H and O–H groups in total. The van der Waals surface area contributed by atoms with Gasteiger partial charge in [-0.1, -0.05) is 28.9 Å². The molecule has 0 fully saturated rings. The van der Waals surface area contributed by atoms with Crippen molar-refractivity contribution in [1.29, 1.82) is 0 Å². The fourth-order valence-electron chi connectivity index (χ4n) is 2.58. The molecule has 1 aromatic heterocycles. The Bertz CT molecular complexity index is 892. The van der Waals surface area contributed by atoms with Crippen molar-refractivity contribution in [2.24, 2.45) is 0 Å². The number of hydrogen-bond donors (Lipinski definition) is 0. The third kappa shape index (κ3) is 2.72. The smallest absolute Gasteiger partial charge is 0.265 e. The first-order valence-electron chi connectivity index (χ1n) is 7.40. The highest BCUT2D eigenvalue weighted by atomic mass is 35.5. The molecule has 0 bridgehead atoms. The van der Waals surface area contributed by atoms with Gasteiger partial charge in [0.25, 0.3) is 5.91 Å². The molecule has 4 rings (SSSR count). The third-order valence-electron chi connectivity index (χ3n) is 3.76. The average Bonchev–Trinajstić information content (AvgIpc) is 3.07. The molecular weight excluding hydrogens is 328 g/mol. The Morgan fingerprint density at radius 1 is 1.12 bits per heavy atom. The van der Waals surface area contributed by atoms with Crippen LogP contribution in [0.2, 0.25) is 5.02 Å². The number of carbonyl (C=O) groups is 1. The SMILES string of the molecule is O=C1COc2ccccc2N1Cc1cn(-c2ccc(Cl)cc2)nn1. The minimum atomic E-state index is -0.102. The summed E-state index contributed by atoms with van der Waals surface area (Å²) in [5, 5.41) is 8.94. The summed E-state index contributed by atoms with van der Waals surface area (Å²) in [5.74, 6) is 0.594. The number of rotatable bonds is 3. The Labute approximate surface area is 143 Å². The monoisotopic (exact) mass is 340 g/mol. The summed E-state index contributed by atoms with van der Waals surface area (Å²) in [7, 11) is 0.